The summed E-state index contributed by atoms with van der Waals surface area (Å²) in [6.07, 6.45) is 0.602. The van der Waals surface area contributed by atoms with Gasteiger partial charge in [0, 0.05) is 24.8 Å². The highest BCUT2D eigenvalue weighted by Gasteiger charge is 2.23. The van der Waals surface area contributed by atoms with Crippen molar-refractivity contribution >= 4 is 21.8 Å². The van der Waals surface area contributed by atoms with E-state index in [1.165, 1.54) is 29.0 Å². The molecular formula is C23H26N4O7S. The molecule has 186 valence electrons. The van der Waals surface area contributed by atoms with Gasteiger partial charge in [0.25, 0.3) is 16.0 Å². The quantitative estimate of drug-likeness (QED) is 0.376. The molecule has 1 fully saturated rings. The number of aliphatic hydroxyl groups excluding tert-OH is 1. The maximum atomic E-state index is 12.2. The highest BCUT2D eigenvalue weighted by Crippen LogP contribution is 2.13. The average molecular weight is 503 g/mol. The lowest BCUT2D eigenvalue weighted by atomic mass is 10.2. The van der Waals surface area contributed by atoms with Crippen molar-refractivity contribution < 1.29 is 27.6 Å². The van der Waals surface area contributed by atoms with Crippen molar-refractivity contribution in [3.05, 3.63) is 88.5 Å². The Labute approximate surface area is 202 Å². The van der Waals surface area contributed by atoms with Crippen LogP contribution in [0.1, 0.15) is 22.1 Å². The van der Waals surface area contributed by atoms with Crippen LogP contribution in [0, 0.1) is 6.92 Å². The molecule has 1 aliphatic heterocycles. The van der Waals surface area contributed by atoms with Gasteiger partial charge in [-0.05, 0) is 37.3 Å². The second kappa shape index (κ2) is 11.8. The fourth-order valence-electron chi connectivity index (χ4n) is 3.15. The number of amides is 1. The summed E-state index contributed by atoms with van der Waals surface area (Å²) < 4.78 is 36.5. The molecule has 0 aliphatic carbocycles. The lowest BCUT2D eigenvalue weighted by Gasteiger charge is -2.30. The van der Waals surface area contributed by atoms with Crippen molar-refractivity contribution in [3.63, 3.8) is 0 Å². The molecule has 3 aromatic rings. The maximum Gasteiger partial charge on any atom is 0.351 e. The van der Waals surface area contributed by atoms with E-state index in [1.807, 2.05) is 13.0 Å². The SMILES string of the molecule is Cc1ccc(S(=O)(=O)O)cc1.O=C(Nc1ccn([C@H]2CNC[C@@H](CO)O2)c(=O)n1)c1ccccc1. The number of morpholine rings is 1. The summed E-state index contributed by atoms with van der Waals surface area (Å²) in [5.74, 6) is -0.163. The molecule has 0 saturated carbocycles. The van der Waals surface area contributed by atoms with Crippen LogP contribution in [0.4, 0.5) is 5.82 Å². The highest BCUT2D eigenvalue weighted by atomic mass is 32.2. The molecule has 1 amide bonds. The van der Waals surface area contributed by atoms with Crippen molar-refractivity contribution in [2.24, 2.45) is 0 Å². The van der Waals surface area contributed by atoms with Crippen molar-refractivity contribution in [1.29, 1.82) is 0 Å². The third kappa shape index (κ3) is 7.53. The summed E-state index contributed by atoms with van der Waals surface area (Å²) in [6.45, 7) is 2.68. The lowest BCUT2D eigenvalue weighted by Crippen LogP contribution is -2.46. The molecule has 0 radical (unpaired) electrons. The number of ether oxygens (including phenoxy) is 1. The number of anilines is 1. The molecule has 12 heteroatoms. The predicted octanol–water partition coefficient (Wildman–Crippen LogP) is 1.22. The Morgan fingerprint density at radius 3 is 2.43 bits per heavy atom. The Hall–Kier alpha value is -3.42. The number of nitrogens with zero attached hydrogens (tertiary/aromatic N) is 2. The number of carbonyl (C=O) groups excluding carboxylic acids is 1. The van der Waals surface area contributed by atoms with E-state index >= 15 is 0 Å². The van der Waals surface area contributed by atoms with Crippen LogP contribution >= 0.6 is 0 Å². The molecule has 35 heavy (non-hydrogen) atoms. The van der Waals surface area contributed by atoms with Crippen molar-refractivity contribution in [3.8, 4) is 0 Å². The van der Waals surface area contributed by atoms with E-state index in [0.29, 0.717) is 18.7 Å². The van der Waals surface area contributed by atoms with Gasteiger partial charge in [0.05, 0.1) is 17.6 Å². The number of aryl methyl sites for hydroxylation is 1. The van der Waals surface area contributed by atoms with Crippen molar-refractivity contribution in [2.45, 2.75) is 24.2 Å². The Balaban J connectivity index is 0.000000261. The summed E-state index contributed by atoms with van der Waals surface area (Å²) in [7, 11) is -4.02. The van der Waals surface area contributed by atoms with E-state index in [9.17, 15) is 18.0 Å². The number of benzene rings is 2. The molecule has 1 aliphatic rings. The minimum absolute atomic E-state index is 0.0666. The van der Waals surface area contributed by atoms with Crippen molar-refractivity contribution in [2.75, 3.05) is 25.0 Å². The zero-order chi connectivity index (χ0) is 25.4. The number of nitrogens with one attached hydrogen (secondary N) is 2. The Morgan fingerprint density at radius 2 is 1.83 bits per heavy atom. The second-order valence-electron chi connectivity index (χ2n) is 7.66. The molecule has 2 aromatic carbocycles. The van der Waals surface area contributed by atoms with Crippen LogP contribution in [0.5, 0.6) is 0 Å². The van der Waals surface area contributed by atoms with E-state index in [2.05, 4.69) is 15.6 Å². The Morgan fingerprint density at radius 1 is 1.14 bits per heavy atom. The maximum absolute atomic E-state index is 12.2. The molecule has 4 rings (SSSR count). The van der Waals surface area contributed by atoms with Crippen LogP contribution in [0.15, 0.2) is 76.6 Å². The lowest BCUT2D eigenvalue weighted by molar-refractivity contribution is -0.0967. The van der Waals surface area contributed by atoms with E-state index < -0.39 is 22.0 Å². The van der Waals surface area contributed by atoms with Crippen LogP contribution in [-0.2, 0) is 14.9 Å². The van der Waals surface area contributed by atoms with Crippen LogP contribution < -0.4 is 16.3 Å². The summed E-state index contributed by atoms with van der Waals surface area (Å²) in [6, 6.07) is 16.2. The first-order valence-corrected chi connectivity index (χ1v) is 12.1. The summed E-state index contributed by atoms with van der Waals surface area (Å²) in [4.78, 5) is 28.1. The Kier molecular flexibility index (Phi) is 8.84. The topological polar surface area (TPSA) is 160 Å². The fourth-order valence-corrected chi connectivity index (χ4v) is 3.63. The molecule has 1 aromatic heterocycles. The Bertz CT molecular complexity index is 1300. The molecule has 4 N–H and O–H groups in total. The molecule has 0 spiro atoms. The number of hydrogen-bond acceptors (Lipinski definition) is 8. The smallest absolute Gasteiger partial charge is 0.351 e. The van der Waals surface area contributed by atoms with Gasteiger partial charge in [-0.25, -0.2) is 4.79 Å². The van der Waals surface area contributed by atoms with Crippen LogP contribution in [0.25, 0.3) is 0 Å². The van der Waals surface area contributed by atoms with Gasteiger partial charge in [-0.3, -0.25) is 13.9 Å². The second-order valence-corrected chi connectivity index (χ2v) is 9.09. The first-order valence-electron chi connectivity index (χ1n) is 10.6. The summed E-state index contributed by atoms with van der Waals surface area (Å²) in [5.41, 5.74) is 0.901. The molecule has 1 saturated heterocycles. The molecule has 0 unspecified atom stereocenters. The third-order valence-corrected chi connectivity index (χ3v) is 5.85. The fraction of sp³-hybridized carbons (Fsp3) is 0.261. The van der Waals surface area contributed by atoms with Crippen LogP contribution in [-0.4, -0.2) is 59.3 Å². The van der Waals surface area contributed by atoms with Crippen molar-refractivity contribution in [1.82, 2.24) is 14.9 Å². The molecule has 0 bridgehead atoms. The van der Waals surface area contributed by atoms with E-state index in [-0.39, 0.29) is 29.3 Å². The highest BCUT2D eigenvalue weighted by molar-refractivity contribution is 7.85. The first-order chi connectivity index (χ1) is 16.7. The minimum Gasteiger partial charge on any atom is -0.394 e. The average Bonchev–Trinajstić information content (AvgIpc) is 2.85. The molecular weight excluding hydrogens is 476 g/mol. The third-order valence-electron chi connectivity index (χ3n) is 4.98. The zero-order valence-corrected chi connectivity index (χ0v) is 19.7. The van der Waals surface area contributed by atoms with Gasteiger partial charge < -0.3 is 20.5 Å². The van der Waals surface area contributed by atoms with Gasteiger partial charge in [0.2, 0.25) is 0 Å². The largest absolute Gasteiger partial charge is 0.394 e. The number of aliphatic hydroxyl groups is 1. The van der Waals surface area contributed by atoms with Gasteiger partial charge >= 0.3 is 5.69 Å². The first kappa shape index (κ1) is 26.2. The number of hydrogen-bond donors (Lipinski definition) is 4. The van der Waals surface area contributed by atoms with Gasteiger partial charge in [0.15, 0.2) is 6.23 Å². The van der Waals surface area contributed by atoms with Gasteiger partial charge in [0.1, 0.15) is 5.82 Å². The summed E-state index contributed by atoms with van der Waals surface area (Å²) in [5, 5.41) is 14.8. The van der Waals surface area contributed by atoms with E-state index in [0.717, 1.165) is 5.56 Å². The number of rotatable bonds is 5. The van der Waals surface area contributed by atoms with E-state index in [1.54, 1.807) is 36.4 Å². The number of carbonyl (C=O) groups is 1. The zero-order valence-electron chi connectivity index (χ0n) is 18.9. The molecule has 11 nitrogen and oxygen atoms in total. The molecule has 2 atom stereocenters. The monoisotopic (exact) mass is 502 g/mol. The molecule has 2 heterocycles. The standard InChI is InChI=1S/C16H18N4O4.C7H8O3S/c21-10-12-8-17-9-14(24-12)20-7-6-13(19-16(20)23)18-15(22)11-4-2-1-3-5-11;1-6-2-4-7(5-3-6)11(8,9)10/h1-7,12,14,17,21H,8-10H2,(H,18,19,22,23);2-5H,1H3,(H,8,9,10)/t12-,14+;/m0./s1. The predicted molar refractivity (Wildman–Crippen MR) is 128 cm³/mol. The van der Waals surface area contributed by atoms with Crippen LogP contribution in [0.3, 0.4) is 0 Å². The van der Waals surface area contributed by atoms with Gasteiger partial charge in [-0.2, -0.15) is 13.4 Å². The number of aromatic nitrogens is 2. The van der Waals surface area contributed by atoms with Gasteiger partial charge in [-0.15, -0.1) is 0 Å². The van der Waals surface area contributed by atoms with Crippen LogP contribution in [0.2, 0.25) is 0 Å². The van der Waals surface area contributed by atoms with Gasteiger partial charge in [-0.1, -0.05) is 35.9 Å². The summed E-state index contributed by atoms with van der Waals surface area (Å²) >= 11 is 0. The minimum atomic E-state index is -4.02. The van der Waals surface area contributed by atoms with E-state index in [4.69, 9.17) is 14.4 Å². The normalized spacial score (nSPS) is 17.7.